The molecule has 2 aromatic carbocycles. The maximum atomic E-state index is 12.7. The summed E-state index contributed by atoms with van der Waals surface area (Å²) in [5.41, 5.74) is 2.37. The number of methoxy groups -OCH3 is 2. The molecule has 28 heavy (non-hydrogen) atoms. The number of hydrazone groups is 1. The number of hydrogen-bond acceptors (Lipinski definition) is 5. The number of para-hydroxylation sites is 1. The van der Waals surface area contributed by atoms with E-state index >= 15 is 0 Å². The molecule has 1 unspecified atom stereocenters. The van der Waals surface area contributed by atoms with Gasteiger partial charge in [-0.3, -0.25) is 9.59 Å². The molecular formula is C21H22N2O5. The minimum absolute atomic E-state index is 0.106. The van der Waals surface area contributed by atoms with E-state index in [1.165, 1.54) is 5.01 Å². The lowest BCUT2D eigenvalue weighted by Gasteiger charge is -2.21. The predicted octanol–water partition coefficient (Wildman–Crippen LogP) is 3.25. The van der Waals surface area contributed by atoms with E-state index < -0.39 is 5.97 Å². The van der Waals surface area contributed by atoms with Gasteiger partial charge in [0.1, 0.15) is 0 Å². The molecule has 1 amide bonds. The number of hydrogen-bond donors (Lipinski definition) is 1. The number of carbonyl (C=O) groups is 2. The molecule has 0 bridgehead atoms. The molecule has 0 aromatic heterocycles. The SMILES string of the molecule is COc1cccc(C2=NN(C(=O)CCC(=O)O)C(c3ccccc3)C2)c1OC. The van der Waals surface area contributed by atoms with Crippen molar-refractivity contribution in [3.8, 4) is 11.5 Å². The van der Waals surface area contributed by atoms with Crippen LogP contribution in [0.15, 0.2) is 53.6 Å². The van der Waals surface area contributed by atoms with Gasteiger partial charge in [0.05, 0.1) is 32.4 Å². The summed E-state index contributed by atoms with van der Waals surface area (Å²) in [5.74, 6) is -0.208. The second kappa shape index (κ2) is 8.56. The van der Waals surface area contributed by atoms with E-state index in [1.807, 2.05) is 42.5 Å². The smallest absolute Gasteiger partial charge is 0.303 e. The van der Waals surface area contributed by atoms with Gasteiger partial charge in [-0.1, -0.05) is 36.4 Å². The Morgan fingerprint density at radius 3 is 2.46 bits per heavy atom. The first-order valence-electron chi connectivity index (χ1n) is 8.92. The van der Waals surface area contributed by atoms with Gasteiger partial charge >= 0.3 is 5.97 Å². The zero-order valence-corrected chi connectivity index (χ0v) is 15.8. The Kier molecular flexibility index (Phi) is 5.93. The molecule has 0 saturated heterocycles. The van der Waals surface area contributed by atoms with Crippen molar-refractivity contribution in [3.63, 3.8) is 0 Å². The quantitative estimate of drug-likeness (QED) is 0.794. The molecule has 0 fully saturated rings. The normalized spacial score (nSPS) is 15.9. The highest BCUT2D eigenvalue weighted by molar-refractivity contribution is 6.05. The summed E-state index contributed by atoms with van der Waals surface area (Å²) < 4.78 is 10.9. The van der Waals surface area contributed by atoms with Gasteiger partial charge in [0, 0.05) is 18.4 Å². The average molecular weight is 382 g/mol. The van der Waals surface area contributed by atoms with E-state index in [1.54, 1.807) is 20.3 Å². The topological polar surface area (TPSA) is 88.4 Å². The van der Waals surface area contributed by atoms with Crippen LogP contribution in [-0.4, -0.2) is 41.9 Å². The van der Waals surface area contributed by atoms with Crippen molar-refractivity contribution in [2.24, 2.45) is 5.10 Å². The van der Waals surface area contributed by atoms with Gasteiger partial charge in [-0.2, -0.15) is 5.10 Å². The van der Waals surface area contributed by atoms with Crippen LogP contribution in [-0.2, 0) is 9.59 Å². The van der Waals surface area contributed by atoms with E-state index in [0.29, 0.717) is 23.6 Å². The average Bonchev–Trinajstić information content (AvgIpc) is 3.17. The largest absolute Gasteiger partial charge is 0.493 e. The van der Waals surface area contributed by atoms with Gasteiger partial charge < -0.3 is 14.6 Å². The fourth-order valence-electron chi connectivity index (χ4n) is 3.28. The minimum Gasteiger partial charge on any atom is -0.493 e. The zero-order chi connectivity index (χ0) is 20.1. The molecule has 146 valence electrons. The van der Waals surface area contributed by atoms with Crippen molar-refractivity contribution in [1.29, 1.82) is 0 Å². The van der Waals surface area contributed by atoms with Gasteiger partial charge in [-0.05, 0) is 17.7 Å². The van der Waals surface area contributed by atoms with Crippen LogP contribution in [0.25, 0.3) is 0 Å². The Bertz CT molecular complexity index is 895. The van der Waals surface area contributed by atoms with E-state index in [0.717, 1.165) is 11.1 Å². The fraction of sp³-hybridized carbons (Fsp3) is 0.286. The van der Waals surface area contributed by atoms with Crippen molar-refractivity contribution in [2.75, 3.05) is 14.2 Å². The van der Waals surface area contributed by atoms with Crippen molar-refractivity contribution in [3.05, 3.63) is 59.7 Å². The lowest BCUT2D eigenvalue weighted by Crippen LogP contribution is -2.27. The summed E-state index contributed by atoms with van der Waals surface area (Å²) >= 11 is 0. The molecule has 1 heterocycles. The Hall–Kier alpha value is -3.35. The van der Waals surface area contributed by atoms with Crippen LogP contribution in [0.4, 0.5) is 0 Å². The number of amides is 1. The predicted molar refractivity (Wildman–Crippen MR) is 104 cm³/mol. The summed E-state index contributed by atoms with van der Waals surface area (Å²) in [6.45, 7) is 0. The first kappa shape index (κ1) is 19.4. The summed E-state index contributed by atoms with van der Waals surface area (Å²) in [7, 11) is 3.12. The number of ether oxygens (including phenoxy) is 2. The zero-order valence-electron chi connectivity index (χ0n) is 15.8. The minimum atomic E-state index is -1.01. The highest BCUT2D eigenvalue weighted by atomic mass is 16.5. The fourth-order valence-corrected chi connectivity index (χ4v) is 3.28. The molecule has 0 aliphatic carbocycles. The third kappa shape index (κ3) is 3.98. The molecule has 0 saturated carbocycles. The van der Waals surface area contributed by atoms with Gasteiger partial charge in [0.25, 0.3) is 0 Å². The second-order valence-electron chi connectivity index (χ2n) is 6.35. The van der Waals surface area contributed by atoms with Gasteiger partial charge in [0.15, 0.2) is 11.5 Å². The number of carbonyl (C=O) groups excluding carboxylic acids is 1. The van der Waals surface area contributed by atoms with Gasteiger partial charge in [0.2, 0.25) is 5.91 Å². The van der Waals surface area contributed by atoms with Crippen LogP contribution in [0.5, 0.6) is 11.5 Å². The van der Waals surface area contributed by atoms with Crippen molar-refractivity contribution >= 4 is 17.6 Å². The summed E-state index contributed by atoms with van der Waals surface area (Å²) in [6.07, 6.45) is 0.154. The van der Waals surface area contributed by atoms with Crippen LogP contribution in [0.2, 0.25) is 0 Å². The van der Waals surface area contributed by atoms with Crippen molar-refractivity contribution < 1.29 is 24.2 Å². The number of nitrogens with zero attached hydrogens (tertiary/aromatic N) is 2. The van der Waals surface area contributed by atoms with Crippen LogP contribution < -0.4 is 9.47 Å². The molecule has 0 spiro atoms. The van der Waals surface area contributed by atoms with Crippen molar-refractivity contribution in [1.82, 2.24) is 5.01 Å². The van der Waals surface area contributed by atoms with Crippen LogP contribution in [0.3, 0.4) is 0 Å². The Balaban J connectivity index is 1.98. The van der Waals surface area contributed by atoms with E-state index in [-0.39, 0.29) is 24.8 Å². The molecule has 2 aromatic rings. The summed E-state index contributed by atoms with van der Waals surface area (Å²) in [5, 5.41) is 14.9. The molecule has 3 rings (SSSR count). The van der Waals surface area contributed by atoms with Gasteiger partial charge in [-0.25, -0.2) is 5.01 Å². The maximum absolute atomic E-state index is 12.7. The lowest BCUT2D eigenvalue weighted by atomic mass is 9.97. The highest BCUT2D eigenvalue weighted by Gasteiger charge is 2.34. The summed E-state index contributed by atoms with van der Waals surface area (Å²) in [4.78, 5) is 23.6. The van der Waals surface area contributed by atoms with Crippen molar-refractivity contribution in [2.45, 2.75) is 25.3 Å². The summed E-state index contributed by atoms with van der Waals surface area (Å²) in [6, 6.07) is 14.8. The van der Waals surface area contributed by atoms with Crippen LogP contribution in [0.1, 0.15) is 36.4 Å². The monoisotopic (exact) mass is 382 g/mol. The van der Waals surface area contributed by atoms with Gasteiger partial charge in [-0.15, -0.1) is 0 Å². The van der Waals surface area contributed by atoms with E-state index in [9.17, 15) is 9.59 Å². The standard InChI is InChI=1S/C21H22N2O5/c1-27-18-10-6-9-15(21(18)28-2)16-13-17(14-7-4-3-5-8-14)23(22-16)19(24)11-12-20(25)26/h3-10,17H,11-13H2,1-2H3,(H,25,26). The molecule has 0 radical (unpaired) electrons. The molecule has 1 aliphatic heterocycles. The Morgan fingerprint density at radius 2 is 1.82 bits per heavy atom. The maximum Gasteiger partial charge on any atom is 0.303 e. The number of rotatable bonds is 7. The number of carboxylic acid groups (broad SMARTS) is 1. The molecule has 7 nitrogen and oxygen atoms in total. The number of carboxylic acids is 1. The first-order valence-corrected chi connectivity index (χ1v) is 8.92. The molecular weight excluding hydrogens is 360 g/mol. The molecule has 1 atom stereocenters. The van der Waals surface area contributed by atoms with Crippen LogP contribution >= 0.6 is 0 Å². The lowest BCUT2D eigenvalue weighted by molar-refractivity contribution is -0.141. The first-order chi connectivity index (χ1) is 13.5. The second-order valence-corrected chi connectivity index (χ2v) is 6.35. The molecule has 1 N–H and O–H groups in total. The molecule has 7 heteroatoms. The third-order valence-corrected chi connectivity index (χ3v) is 4.62. The number of benzene rings is 2. The highest BCUT2D eigenvalue weighted by Crippen LogP contribution is 2.38. The third-order valence-electron chi connectivity index (χ3n) is 4.62. The molecule has 1 aliphatic rings. The van der Waals surface area contributed by atoms with Crippen LogP contribution in [0, 0.1) is 0 Å². The Labute approximate surface area is 163 Å². The number of aliphatic carboxylic acids is 1. The Morgan fingerprint density at radius 1 is 1.07 bits per heavy atom. The van der Waals surface area contributed by atoms with E-state index in [4.69, 9.17) is 14.6 Å². The van der Waals surface area contributed by atoms with E-state index in [2.05, 4.69) is 5.10 Å².